The van der Waals surface area contributed by atoms with Gasteiger partial charge in [-0.2, -0.15) is 0 Å². The van der Waals surface area contributed by atoms with E-state index in [9.17, 15) is 4.79 Å². The van der Waals surface area contributed by atoms with E-state index < -0.39 is 5.97 Å². The summed E-state index contributed by atoms with van der Waals surface area (Å²) in [5, 5.41) is 11.0. The Balaban J connectivity index is 2.21. The van der Waals surface area contributed by atoms with Crippen molar-refractivity contribution in [3.63, 3.8) is 0 Å². The molecule has 0 aliphatic rings. The standard InChI is InChI=1S/C16H17NO4S/c1-10(2)21-14-8-11(4-6-13(14)20-3)5-7-15-17-12(9-22-15)16(18)19/h4-10H,1-3H3,(H,18,19)/b7-5+. The summed E-state index contributed by atoms with van der Waals surface area (Å²) in [6.07, 6.45) is 3.68. The third-order valence-electron chi connectivity index (χ3n) is 2.71. The largest absolute Gasteiger partial charge is 0.493 e. The van der Waals surface area contributed by atoms with Gasteiger partial charge in [0.1, 0.15) is 5.01 Å². The third-order valence-corrected chi connectivity index (χ3v) is 3.52. The van der Waals surface area contributed by atoms with Crippen LogP contribution in [-0.4, -0.2) is 29.3 Å². The molecule has 2 rings (SSSR count). The zero-order chi connectivity index (χ0) is 16.1. The van der Waals surface area contributed by atoms with Crippen LogP contribution in [0.15, 0.2) is 23.6 Å². The SMILES string of the molecule is COc1ccc(/C=C/c2nc(C(=O)O)cs2)cc1OC(C)C. The molecule has 0 amide bonds. The predicted octanol–water partition coefficient (Wildman–Crippen LogP) is 3.81. The Morgan fingerprint density at radius 1 is 1.32 bits per heavy atom. The van der Waals surface area contributed by atoms with Gasteiger partial charge < -0.3 is 14.6 Å². The first-order valence-electron chi connectivity index (χ1n) is 6.71. The summed E-state index contributed by atoms with van der Waals surface area (Å²) in [5.74, 6) is 0.325. The van der Waals surface area contributed by atoms with Crippen LogP contribution in [0.4, 0.5) is 0 Å². The summed E-state index contributed by atoms with van der Waals surface area (Å²) in [5.41, 5.74) is 0.978. The van der Waals surface area contributed by atoms with Gasteiger partial charge in [-0.1, -0.05) is 12.1 Å². The van der Waals surface area contributed by atoms with E-state index in [1.807, 2.05) is 38.1 Å². The lowest BCUT2D eigenvalue weighted by Crippen LogP contribution is -2.06. The van der Waals surface area contributed by atoms with E-state index in [2.05, 4.69) is 4.98 Å². The number of methoxy groups -OCH3 is 1. The first-order valence-corrected chi connectivity index (χ1v) is 7.59. The van der Waals surface area contributed by atoms with Crippen molar-refractivity contribution in [2.75, 3.05) is 7.11 Å². The van der Waals surface area contributed by atoms with E-state index in [0.717, 1.165) is 5.56 Å². The number of benzene rings is 1. The molecule has 0 spiro atoms. The van der Waals surface area contributed by atoms with Crippen LogP contribution in [0.25, 0.3) is 12.2 Å². The summed E-state index contributed by atoms with van der Waals surface area (Å²) in [6.45, 7) is 3.90. The molecule has 0 saturated heterocycles. The van der Waals surface area contributed by atoms with Gasteiger partial charge in [0, 0.05) is 5.38 Å². The molecule has 0 fully saturated rings. The monoisotopic (exact) mass is 319 g/mol. The number of carboxylic acid groups (broad SMARTS) is 1. The van der Waals surface area contributed by atoms with Gasteiger partial charge in [-0.15, -0.1) is 11.3 Å². The molecule has 0 aliphatic carbocycles. The molecule has 1 aromatic carbocycles. The fraction of sp³-hybridized carbons (Fsp3) is 0.250. The molecular formula is C16H17NO4S. The summed E-state index contributed by atoms with van der Waals surface area (Å²) in [4.78, 5) is 14.8. The molecule has 0 saturated carbocycles. The van der Waals surface area contributed by atoms with Crippen molar-refractivity contribution in [2.24, 2.45) is 0 Å². The number of ether oxygens (including phenoxy) is 2. The highest BCUT2D eigenvalue weighted by Gasteiger charge is 2.08. The molecule has 0 atom stereocenters. The molecule has 2 aromatic rings. The topological polar surface area (TPSA) is 68.7 Å². The number of aromatic nitrogens is 1. The molecule has 0 radical (unpaired) electrons. The second-order valence-electron chi connectivity index (χ2n) is 4.79. The number of thiazole rings is 1. The molecule has 6 heteroatoms. The van der Waals surface area contributed by atoms with E-state index in [-0.39, 0.29) is 11.8 Å². The molecule has 0 aliphatic heterocycles. The smallest absolute Gasteiger partial charge is 0.355 e. The average molecular weight is 319 g/mol. The van der Waals surface area contributed by atoms with Gasteiger partial charge in [0.05, 0.1) is 13.2 Å². The van der Waals surface area contributed by atoms with Crippen molar-refractivity contribution in [1.82, 2.24) is 4.98 Å². The fourth-order valence-electron chi connectivity index (χ4n) is 1.77. The van der Waals surface area contributed by atoms with Gasteiger partial charge in [-0.3, -0.25) is 0 Å². The normalized spacial score (nSPS) is 11.1. The number of nitrogens with zero attached hydrogens (tertiary/aromatic N) is 1. The third kappa shape index (κ3) is 4.08. The second-order valence-corrected chi connectivity index (χ2v) is 5.68. The summed E-state index contributed by atoms with van der Waals surface area (Å²) in [6, 6.07) is 5.61. The number of hydrogen-bond acceptors (Lipinski definition) is 5. The molecule has 22 heavy (non-hydrogen) atoms. The highest BCUT2D eigenvalue weighted by atomic mass is 32.1. The quantitative estimate of drug-likeness (QED) is 0.877. The zero-order valence-electron chi connectivity index (χ0n) is 12.6. The molecular weight excluding hydrogens is 302 g/mol. The lowest BCUT2D eigenvalue weighted by molar-refractivity contribution is 0.0691. The average Bonchev–Trinajstić information content (AvgIpc) is 2.94. The van der Waals surface area contributed by atoms with Crippen LogP contribution in [0.3, 0.4) is 0 Å². The van der Waals surface area contributed by atoms with E-state index in [0.29, 0.717) is 16.5 Å². The van der Waals surface area contributed by atoms with Crippen molar-refractivity contribution >= 4 is 29.5 Å². The van der Waals surface area contributed by atoms with Crippen molar-refractivity contribution < 1.29 is 19.4 Å². The minimum Gasteiger partial charge on any atom is -0.493 e. The van der Waals surface area contributed by atoms with Gasteiger partial charge in [-0.05, 0) is 37.6 Å². The highest BCUT2D eigenvalue weighted by molar-refractivity contribution is 7.10. The number of rotatable bonds is 6. The number of hydrogen-bond donors (Lipinski definition) is 1. The first kappa shape index (κ1) is 16.0. The van der Waals surface area contributed by atoms with Gasteiger partial charge in [-0.25, -0.2) is 9.78 Å². The van der Waals surface area contributed by atoms with Crippen LogP contribution >= 0.6 is 11.3 Å². The zero-order valence-corrected chi connectivity index (χ0v) is 13.4. The Morgan fingerprint density at radius 3 is 2.68 bits per heavy atom. The van der Waals surface area contributed by atoms with Crippen molar-refractivity contribution in [2.45, 2.75) is 20.0 Å². The Morgan fingerprint density at radius 2 is 2.09 bits per heavy atom. The van der Waals surface area contributed by atoms with Crippen molar-refractivity contribution in [3.8, 4) is 11.5 Å². The van der Waals surface area contributed by atoms with Crippen LogP contribution in [0.1, 0.15) is 34.9 Å². The van der Waals surface area contributed by atoms with Gasteiger partial charge in [0.2, 0.25) is 0 Å². The van der Waals surface area contributed by atoms with E-state index in [1.54, 1.807) is 13.2 Å². The van der Waals surface area contributed by atoms with E-state index in [4.69, 9.17) is 14.6 Å². The molecule has 0 unspecified atom stereocenters. The number of aromatic carboxylic acids is 1. The van der Waals surface area contributed by atoms with Crippen LogP contribution in [-0.2, 0) is 0 Å². The Kier molecular flexibility index (Phi) is 5.16. The second kappa shape index (κ2) is 7.09. The summed E-state index contributed by atoms with van der Waals surface area (Å²) in [7, 11) is 1.60. The predicted molar refractivity (Wildman–Crippen MR) is 86.8 cm³/mol. The maximum atomic E-state index is 10.8. The van der Waals surface area contributed by atoms with Crippen LogP contribution in [0, 0.1) is 0 Å². The summed E-state index contributed by atoms with van der Waals surface area (Å²) < 4.78 is 11.0. The maximum Gasteiger partial charge on any atom is 0.355 e. The molecule has 1 N–H and O–H groups in total. The van der Waals surface area contributed by atoms with Crippen molar-refractivity contribution in [3.05, 3.63) is 39.8 Å². The summed E-state index contributed by atoms with van der Waals surface area (Å²) >= 11 is 1.28. The molecule has 1 aromatic heterocycles. The van der Waals surface area contributed by atoms with Crippen LogP contribution in [0.5, 0.6) is 11.5 Å². The minimum atomic E-state index is -1.02. The Labute approximate surface area is 132 Å². The van der Waals surface area contributed by atoms with Crippen molar-refractivity contribution in [1.29, 1.82) is 0 Å². The lowest BCUT2D eigenvalue weighted by atomic mass is 10.2. The fourth-order valence-corrected chi connectivity index (χ4v) is 2.46. The lowest BCUT2D eigenvalue weighted by Gasteiger charge is -2.13. The molecule has 0 bridgehead atoms. The van der Waals surface area contributed by atoms with E-state index >= 15 is 0 Å². The first-order chi connectivity index (χ1) is 10.5. The number of carboxylic acids is 1. The minimum absolute atomic E-state index is 0.0465. The van der Waals surface area contributed by atoms with Crippen LogP contribution in [0.2, 0.25) is 0 Å². The van der Waals surface area contributed by atoms with Gasteiger partial charge in [0.25, 0.3) is 0 Å². The van der Waals surface area contributed by atoms with E-state index in [1.165, 1.54) is 16.7 Å². The maximum absolute atomic E-state index is 10.8. The molecule has 1 heterocycles. The Bertz CT molecular complexity index is 691. The Hall–Kier alpha value is -2.34. The highest BCUT2D eigenvalue weighted by Crippen LogP contribution is 2.29. The number of carbonyl (C=O) groups is 1. The van der Waals surface area contributed by atoms with Crippen LogP contribution < -0.4 is 9.47 Å². The van der Waals surface area contributed by atoms with Gasteiger partial charge >= 0.3 is 5.97 Å². The molecule has 116 valence electrons. The molecule has 5 nitrogen and oxygen atoms in total. The van der Waals surface area contributed by atoms with Gasteiger partial charge in [0.15, 0.2) is 17.2 Å².